The molecule has 0 saturated carbocycles. The molecular weight excluding hydrogens is 232 g/mol. The lowest BCUT2D eigenvalue weighted by molar-refractivity contribution is -0.120. The third-order valence-electron chi connectivity index (χ3n) is 2.55. The van der Waals surface area contributed by atoms with Gasteiger partial charge in [-0.25, -0.2) is 4.79 Å². The van der Waals surface area contributed by atoms with E-state index in [0.29, 0.717) is 12.1 Å². The summed E-state index contributed by atoms with van der Waals surface area (Å²) in [5.41, 5.74) is 6.52. The molecule has 0 spiro atoms. The molecule has 18 heavy (non-hydrogen) atoms. The molecule has 0 aliphatic heterocycles. The molecule has 0 saturated heterocycles. The van der Waals surface area contributed by atoms with Crippen molar-refractivity contribution in [2.75, 3.05) is 13.7 Å². The summed E-state index contributed by atoms with van der Waals surface area (Å²) in [7, 11) is 1.32. The number of carbonyl (C=O) groups excluding carboxylic acids is 2. The van der Waals surface area contributed by atoms with E-state index >= 15 is 0 Å². The first-order valence-corrected chi connectivity index (χ1v) is 5.81. The van der Waals surface area contributed by atoms with Crippen molar-refractivity contribution in [2.45, 2.75) is 19.4 Å². The number of rotatable bonds is 6. The van der Waals surface area contributed by atoms with Gasteiger partial charge in [0.25, 0.3) is 0 Å². The Labute approximate surface area is 106 Å². The molecule has 0 aliphatic rings. The Morgan fingerprint density at radius 2 is 1.94 bits per heavy atom. The summed E-state index contributed by atoms with van der Waals surface area (Å²) in [6.45, 7) is 2.71. The van der Waals surface area contributed by atoms with Gasteiger partial charge in [-0.15, -0.1) is 0 Å². The molecule has 5 heteroatoms. The van der Waals surface area contributed by atoms with Crippen LogP contribution in [0.3, 0.4) is 0 Å². The van der Waals surface area contributed by atoms with Crippen molar-refractivity contribution in [3.05, 3.63) is 35.4 Å². The van der Waals surface area contributed by atoms with Crippen molar-refractivity contribution < 1.29 is 14.3 Å². The second kappa shape index (κ2) is 6.76. The molecule has 0 bridgehead atoms. The lowest BCUT2D eigenvalue weighted by Gasteiger charge is -2.15. The van der Waals surface area contributed by atoms with E-state index in [9.17, 15) is 9.59 Å². The van der Waals surface area contributed by atoms with Gasteiger partial charge in [-0.1, -0.05) is 19.1 Å². The number of primary amides is 1. The Morgan fingerprint density at radius 3 is 2.39 bits per heavy atom. The SMILES string of the molecule is CCCNC(C(N)=O)c1ccc(C(=O)OC)cc1. The molecule has 1 atom stereocenters. The summed E-state index contributed by atoms with van der Waals surface area (Å²) in [5.74, 6) is -0.840. The summed E-state index contributed by atoms with van der Waals surface area (Å²) in [5, 5.41) is 3.06. The predicted octanol–water partition coefficient (Wildman–Crippen LogP) is 0.999. The van der Waals surface area contributed by atoms with Gasteiger partial charge >= 0.3 is 5.97 Å². The van der Waals surface area contributed by atoms with Crippen LogP contribution in [0.4, 0.5) is 0 Å². The van der Waals surface area contributed by atoms with E-state index in [1.54, 1.807) is 24.3 Å². The Hall–Kier alpha value is -1.88. The summed E-state index contributed by atoms with van der Waals surface area (Å²) in [6.07, 6.45) is 0.907. The van der Waals surface area contributed by atoms with Crippen LogP contribution in [0, 0.1) is 0 Å². The maximum atomic E-state index is 11.3. The number of amides is 1. The van der Waals surface area contributed by atoms with Crippen LogP contribution in [0.1, 0.15) is 35.3 Å². The second-order valence-electron chi connectivity index (χ2n) is 3.90. The van der Waals surface area contributed by atoms with Gasteiger partial charge in [0.15, 0.2) is 0 Å². The minimum Gasteiger partial charge on any atom is -0.465 e. The van der Waals surface area contributed by atoms with Gasteiger partial charge in [-0.3, -0.25) is 4.79 Å². The molecule has 0 heterocycles. The number of methoxy groups -OCH3 is 1. The van der Waals surface area contributed by atoms with Gasteiger partial charge in [0.2, 0.25) is 5.91 Å². The normalized spacial score (nSPS) is 11.9. The van der Waals surface area contributed by atoms with Crippen LogP contribution in [0.15, 0.2) is 24.3 Å². The molecule has 1 rings (SSSR count). The van der Waals surface area contributed by atoms with Gasteiger partial charge in [-0.2, -0.15) is 0 Å². The number of nitrogens with one attached hydrogen (secondary N) is 1. The van der Waals surface area contributed by atoms with Crippen LogP contribution in [-0.4, -0.2) is 25.5 Å². The predicted molar refractivity (Wildman–Crippen MR) is 68.0 cm³/mol. The molecule has 1 amide bonds. The molecular formula is C13H18N2O3. The molecule has 1 aromatic carbocycles. The topological polar surface area (TPSA) is 81.4 Å². The van der Waals surface area contributed by atoms with E-state index in [0.717, 1.165) is 12.0 Å². The zero-order chi connectivity index (χ0) is 13.5. The Kier molecular flexibility index (Phi) is 5.32. The van der Waals surface area contributed by atoms with Gasteiger partial charge in [0.05, 0.1) is 12.7 Å². The molecule has 1 unspecified atom stereocenters. The van der Waals surface area contributed by atoms with Gasteiger partial charge < -0.3 is 15.8 Å². The minimum atomic E-state index is -0.531. The monoisotopic (exact) mass is 250 g/mol. The standard InChI is InChI=1S/C13H18N2O3/c1-3-8-15-11(12(14)16)9-4-6-10(7-5-9)13(17)18-2/h4-7,11,15H,3,8H2,1-2H3,(H2,14,16). The molecule has 0 fully saturated rings. The summed E-state index contributed by atoms with van der Waals surface area (Å²) >= 11 is 0. The quantitative estimate of drug-likeness (QED) is 0.738. The van der Waals surface area contributed by atoms with E-state index in [1.807, 2.05) is 6.92 Å². The number of carbonyl (C=O) groups is 2. The first-order valence-electron chi connectivity index (χ1n) is 5.81. The minimum absolute atomic E-state index is 0.404. The van der Waals surface area contributed by atoms with Crippen LogP contribution in [0.25, 0.3) is 0 Å². The highest BCUT2D eigenvalue weighted by Crippen LogP contribution is 2.14. The number of benzene rings is 1. The molecule has 98 valence electrons. The molecule has 5 nitrogen and oxygen atoms in total. The molecule has 1 aromatic rings. The maximum Gasteiger partial charge on any atom is 0.337 e. The third kappa shape index (κ3) is 3.56. The fourth-order valence-corrected chi connectivity index (χ4v) is 1.60. The van der Waals surface area contributed by atoms with Crippen molar-refractivity contribution in [2.24, 2.45) is 5.73 Å². The van der Waals surface area contributed by atoms with Crippen molar-refractivity contribution in [3.8, 4) is 0 Å². The van der Waals surface area contributed by atoms with Crippen molar-refractivity contribution in [3.63, 3.8) is 0 Å². The first-order chi connectivity index (χ1) is 8.60. The van der Waals surface area contributed by atoms with E-state index < -0.39 is 17.9 Å². The summed E-state index contributed by atoms with van der Waals surface area (Å²) in [6, 6.07) is 6.10. The zero-order valence-corrected chi connectivity index (χ0v) is 10.6. The zero-order valence-electron chi connectivity index (χ0n) is 10.6. The lowest BCUT2D eigenvalue weighted by Crippen LogP contribution is -2.34. The highest BCUT2D eigenvalue weighted by molar-refractivity contribution is 5.89. The summed E-state index contributed by atoms with van der Waals surface area (Å²) < 4.78 is 4.60. The average molecular weight is 250 g/mol. The highest BCUT2D eigenvalue weighted by atomic mass is 16.5. The largest absolute Gasteiger partial charge is 0.465 e. The Bertz CT molecular complexity index is 415. The van der Waals surface area contributed by atoms with Gasteiger partial charge in [-0.05, 0) is 30.7 Å². The van der Waals surface area contributed by atoms with Crippen molar-refractivity contribution in [1.82, 2.24) is 5.32 Å². The van der Waals surface area contributed by atoms with E-state index in [1.165, 1.54) is 7.11 Å². The number of hydrogen-bond donors (Lipinski definition) is 2. The molecule has 0 aliphatic carbocycles. The number of nitrogens with two attached hydrogens (primary N) is 1. The van der Waals surface area contributed by atoms with E-state index in [2.05, 4.69) is 10.1 Å². The van der Waals surface area contributed by atoms with Crippen LogP contribution in [0.5, 0.6) is 0 Å². The van der Waals surface area contributed by atoms with Gasteiger partial charge in [0, 0.05) is 0 Å². The fourth-order valence-electron chi connectivity index (χ4n) is 1.60. The molecule has 0 aromatic heterocycles. The number of ether oxygens (including phenoxy) is 1. The number of esters is 1. The second-order valence-corrected chi connectivity index (χ2v) is 3.90. The van der Waals surface area contributed by atoms with Gasteiger partial charge in [0.1, 0.15) is 6.04 Å². The van der Waals surface area contributed by atoms with E-state index in [4.69, 9.17) is 5.73 Å². The molecule has 0 radical (unpaired) electrons. The van der Waals surface area contributed by atoms with E-state index in [-0.39, 0.29) is 0 Å². The van der Waals surface area contributed by atoms with Crippen LogP contribution < -0.4 is 11.1 Å². The van der Waals surface area contributed by atoms with Crippen molar-refractivity contribution in [1.29, 1.82) is 0 Å². The Balaban J connectivity index is 2.86. The summed E-state index contributed by atoms with van der Waals surface area (Å²) in [4.78, 5) is 22.6. The lowest BCUT2D eigenvalue weighted by atomic mass is 10.0. The van der Waals surface area contributed by atoms with Crippen molar-refractivity contribution >= 4 is 11.9 Å². The number of hydrogen-bond acceptors (Lipinski definition) is 4. The molecule has 3 N–H and O–H groups in total. The maximum absolute atomic E-state index is 11.3. The first kappa shape index (κ1) is 14.2. The van der Waals surface area contributed by atoms with Crippen LogP contribution >= 0.6 is 0 Å². The Morgan fingerprint density at radius 1 is 1.33 bits per heavy atom. The fraction of sp³-hybridized carbons (Fsp3) is 0.385. The third-order valence-corrected chi connectivity index (χ3v) is 2.55. The highest BCUT2D eigenvalue weighted by Gasteiger charge is 2.17. The van der Waals surface area contributed by atoms with Crippen LogP contribution in [0.2, 0.25) is 0 Å². The average Bonchev–Trinajstić information content (AvgIpc) is 2.38. The van der Waals surface area contributed by atoms with Crippen LogP contribution in [-0.2, 0) is 9.53 Å². The smallest absolute Gasteiger partial charge is 0.337 e.